The molecular weight excluding hydrogens is 220 g/mol. The van der Waals surface area contributed by atoms with Crippen molar-refractivity contribution < 1.29 is 14.7 Å². The highest BCUT2D eigenvalue weighted by Crippen LogP contribution is 2.27. The lowest BCUT2D eigenvalue weighted by Gasteiger charge is -2.27. The van der Waals surface area contributed by atoms with E-state index in [4.69, 9.17) is 5.11 Å². The fraction of sp³-hybridized carbons (Fsp3) is 0.833. The van der Waals surface area contributed by atoms with Crippen LogP contribution in [0.4, 0.5) is 4.79 Å². The van der Waals surface area contributed by atoms with Crippen molar-refractivity contribution in [1.82, 2.24) is 9.80 Å². The number of aliphatic carboxylic acids is 1. The van der Waals surface area contributed by atoms with Gasteiger partial charge >= 0.3 is 12.0 Å². The van der Waals surface area contributed by atoms with Gasteiger partial charge in [-0.3, -0.25) is 4.79 Å². The van der Waals surface area contributed by atoms with Crippen LogP contribution in [0.2, 0.25) is 0 Å². The summed E-state index contributed by atoms with van der Waals surface area (Å²) in [5, 5.41) is 8.67. The lowest BCUT2D eigenvalue weighted by Crippen LogP contribution is -2.43. The molecule has 0 heterocycles. The van der Waals surface area contributed by atoms with Crippen LogP contribution in [0.25, 0.3) is 0 Å². The van der Waals surface area contributed by atoms with E-state index < -0.39 is 5.97 Å². The Bertz CT molecular complexity index is 277. The smallest absolute Gasteiger partial charge is 0.320 e. The zero-order chi connectivity index (χ0) is 12.8. The van der Waals surface area contributed by atoms with Gasteiger partial charge in [-0.1, -0.05) is 13.3 Å². The standard InChI is InChI=1S/C12H22N2O3/c1-3-4-8-13(2)12(17)14(10-5-6-10)9-7-11(15)16/h10H,3-9H2,1-2H3,(H,15,16). The summed E-state index contributed by atoms with van der Waals surface area (Å²) >= 11 is 0. The number of amides is 2. The highest BCUT2D eigenvalue weighted by molar-refractivity contribution is 5.76. The predicted molar refractivity (Wildman–Crippen MR) is 64.9 cm³/mol. The molecule has 1 rings (SSSR count). The molecule has 5 nitrogen and oxygen atoms in total. The van der Waals surface area contributed by atoms with Gasteiger partial charge in [0, 0.05) is 26.2 Å². The van der Waals surface area contributed by atoms with Gasteiger partial charge in [0.2, 0.25) is 0 Å². The van der Waals surface area contributed by atoms with E-state index in [1.807, 2.05) is 0 Å². The Morgan fingerprint density at radius 2 is 1.94 bits per heavy atom. The minimum atomic E-state index is -0.848. The maximum absolute atomic E-state index is 12.1. The quantitative estimate of drug-likeness (QED) is 0.740. The number of carbonyl (C=O) groups is 2. The highest BCUT2D eigenvalue weighted by atomic mass is 16.4. The number of hydrogen-bond acceptors (Lipinski definition) is 2. The minimum absolute atomic E-state index is 0.0257. The summed E-state index contributed by atoms with van der Waals surface area (Å²) in [6.45, 7) is 3.16. The molecule has 1 aliphatic carbocycles. The Morgan fingerprint density at radius 1 is 1.29 bits per heavy atom. The summed E-state index contributed by atoms with van der Waals surface area (Å²) in [5.74, 6) is -0.848. The molecule has 1 aliphatic rings. The maximum atomic E-state index is 12.1. The number of urea groups is 1. The molecule has 1 fully saturated rings. The fourth-order valence-electron chi connectivity index (χ4n) is 1.75. The SMILES string of the molecule is CCCCN(C)C(=O)N(CCC(=O)O)C1CC1. The molecule has 0 aromatic carbocycles. The molecule has 0 aromatic rings. The van der Waals surface area contributed by atoms with Gasteiger partial charge in [-0.2, -0.15) is 0 Å². The van der Waals surface area contributed by atoms with Crippen molar-refractivity contribution in [1.29, 1.82) is 0 Å². The van der Waals surface area contributed by atoms with Gasteiger partial charge in [0.25, 0.3) is 0 Å². The number of carboxylic acids is 1. The number of carboxylic acid groups (broad SMARTS) is 1. The molecule has 0 aliphatic heterocycles. The van der Waals surface area contributed by atoms with Gasteiger partial charge in [0.15, 0.2) is 0 Å². The molecule has 1 N–H and O–H groups in total. The van der Waals surface area contributed by atoms with Gasteiger partial charge in [0.1, 0.15) is 0 Å². The second kappa shape index (κ2) is 6.47. The van der Waals surface area contributed by atoms with Crippen LogP contribution in [0, 0.1) is 0 Å². The number of carbonyl (C=O) groups excluding carboxylic acids is 1. The van der Waals surface area contributed by atoms with Gasteiger partial charge < -0.3 is 14.9 Å². The molecule has 0 aromatic heterocycles. The Kier molecular flexibility index (Phi) is 5.25. The molecule has 0 radical (unpaired) electrons. The van der Waals surface area contributed by atoms with Gasteiger partial charge in [-0.15, -0.1) is 0 Å². The third-order valence-corrected chi connectivity index (χ3v) is 2.97. The minimum Gasteiger partial charge on any atom is -0.481 e. The fourth-order valence-corrected chi connectivity index (χ4v) is 1.75. The van der Waals surface area contributed by atoms with Crippen LogP contribution in [0.3, 0.4) is 0 Å². The lowest BCUT2D eigenvalue weighted by molar-refractivity contribution is -0.137. The summed E-state index contributed by atoms with van der Waals surface area (Å²) in [6, 6.07) is 0.244. The van der Waals surface area contributed by atoms with E-state index in [9.17, 15) is 9.59 Å². The third-order valence-electron chi connectivity index (χ3n) is 2.97. The molecule has 17 heavy (non-hydrogen) atoms. The first-order chi connectivity index (χ1) is 8.06. The van der Waals surface area contributed by atoms with E-state index in [1.165, 1.54) is 0 Å². The van der Waals surface area contributed by atoms with Crippen molar-refractivity contribution in [3.63, 3.8) is 0 Å². The third kappa shape index (κ3) is 4.63. The summed E-state index contributed by atoms with van der Waals surface area (Å²) in [6.07, 6.45) is 4.08. The maximum Gasteiger partial charge on any atom is 0.320 e. The molecule has 2 amide bonds. The molecule has 98 valence electrons. The molecule has 1 saturated carbocycles. The van der Waals surface area contributed by atoms with Crippen LogP contribution < -0.4 is 0 Å². The highest BCUT2D eigenvalue weighted by Gasteiger charge is 2.33. The first kappa shape index (κ1) is 13.8. The zero-order valence-corrected chi connectivity index (χ0v) is 10.7. The van der Waals surface area contributed by atoms with E-state index in [0.29, 0.717) is 6.54 Å². The van der Waals surface area contributed by atoms with E-state index in [-0.39, 0.29) is 18.5 Å². The van der Waals surface area contributed by atoms with Gasteiger partial charge in [-0.25, -0.2) is 4.79 Å². The molecular formula is C12H22N2O3. The normalized spacial score (nSPS) is 14.5. The second-order valence-electron chi connectivity index (χ2n) is 4.63. The zero-order valence-electron chi connectivity index (χ0n) is 10.7. The van der Waals surface area contributed by atoms with Crippen molar-refractivity contribution in [3.05, 3.63) is 0 Å². The number of nitrogens with zero attached hydrogens (tertiary/aromatic N) is 2. The Hall–Kier alpha value is -1.26. The lowest BCUT2D eigenvalue weighted by atomic mass is 10.3. The Morgan fingerprint density at radius 3 is 2.41 bits per heavy atom. The van der Waals surface area contributed by atoms with Crippen LogP contribution in [-0.4, -0.2) is 53.1 Å². The van der Waals surface area contributed by atoms with Crippen molar-refractivity contribution in [3.8, 4) is 0 Å². The number of rotatable bonds is 7. The summed E-state index contributed by atoms with van der Waals surface area (Å²) in [4.78, 5) is 26.1. The molecule has 0 saturated heterocycles. The van der Waals surface area contributed by atoms with Crippen LogP contribution in [0.1, 0.15) is 39.0 Å². The van der Waals surface area contributed by atoms with Crippen LogP contribution in [0.5, 0.6) is 0 Å². The molecule has 5 heteroatoms. The molecule has 0 bridgehead atoms. The molecule has 0 atom stereocenters. The summed E-state index contributed by atoms with van der Waals surface area (Å²) in [5.41, 5.74) is 0. The topological polar surface area (TPSA) is 60.9 Å². The first-order valence-corrected chi connectivity index (χ1v) is 6.29. The van der Waals surface area contributed by atoms with E-state index >= 15 is 0 Å². The van der Waals surface area contributed by atoms with Crippen molar-refractivity contribution in [2.75, 3.05) is 20.1 Å². The van der Waals surface area contributed by atoms with E-state index in [0.717, 1.165) is 32.2 Å². The largest absolute Gasteiger partial charge is 0.481 e. The van der Waals surface area contributed by atoms with Crippen molar-refractivity contribution in [2.45, 2.75) is 45.1 Å². The number of hydrogen-bond donors (Lipinski definition) is 1. The summed E-state index contributed by atoms with van der Waals surface area (Å²) in [7, 11) is 1.79. The van der Waals surface area contributed by atoms with Crippen molar-refractivity contribution in [2.24, 2.45) is 0 Å². The Labute approximate surface area is 102 Å². The second-order valence-corrected chi connectivity index (χ2v) is 4.63. The van der Waals surface area contributed by atoms with Gasteiger partial charge in [0.05, 0.1) is 6.42 Å². The average molecular weight is 242 g/mol. The predicted octanol–water partition coefficient (Wildman–Crippen LogP) is 1.78. The van der Waals surface area contributed by atoms with E-state index in [1.54, 1.807) is 16.8 Å². The monoisotopic (exact) mass is 242 g/mol. The van der Waals surface area contributed by atoms with E-state index in [2.05, 4.69) is 6.92 Å². The van der Waals surface area contributed by atoms with Gasteiger partial charge in [-0.05, 0) is 19.3 Å². The molecule has 0 spiro atoms. The number of unbranched alkanes of at least 4 members (excludes halogenated alkanes) is 1. The summed E-state index contributed by atoms with van der Waals surface area (Å²) < 4.78 is 0. The van der Waals surface area contributed by atoms with Crippen LogP contribution in [-0.2, 0) is 4.79 Å². The average Bonchev–Trinajstić information content (AvgIpc) is 3.09. The van der Waals surface area contributed by atoms with Crippen molar-refractivity contribution >= 4 is 12.0 Å². The Balaban J connectivity index is 2.45. The van der Waals surface area contributed by atoms with Crippen LogP contribution >= 0.6 is 0 Å². The van der Waals surface area contributed by atoms with Crippen LogP contribution in [0.15, 0.2) is 0 Å². The molecule has 0 unspecified atom stereocenters. The first-order valence-electron chi connectivity index (χ1n) is 6.29.